The van der Waals surface area contributed by atoms with E-state index in [4.69, 9.17) is 0 Å². The molecule has 1 unspecified atom stereocenters. The van der Waals surface area contributed by atoms with Crippen LogP contribution in [-0.4, -0.2) is 44.9 Å². The Morgan fingerprint density at radius 1 is 1.44 bits per heavy atom. The Bertz CT molecular complexity index is 372. The fourth-order valence-corrected chi connectivity index (χ4v) is 1.84. The van der Waals surface area contributed by atoms with Crippen molar-refractivity contribution in [1.82, 2.24) is 19.9 Å². The van der Waals surface area contributed by atoms with Crippen molar-refractivity contribution in [3.63, 3.8) is 0 Å². The second-order valence-corrected chi connectivity index (χ2v) is 4.22. The first-order valence-electron chi connectivity index (χ1n) is 6.57. The summed E-state index contributed by atoms with van der Waals surface area (Å²) in [4.78, 5) is 13.9. The van der Waals surface area contributed by atoms with Crippen molar-refractivity contribution in [2.24, 2.45) is 0 Å². The molecular weight excluding hydrogens is 230 g/mol. The molecule has 1 amide bonds. The van der Waals surface area contributed by atoms with Crippen molar-refractivity contribution in [2.75, 3.05) is 18.4 Å². The van der Waals surface area contributed by atoms with Crippen LogP contribution < -0.4 is 5.32 Å². The second kappa shape index (κ2) is 6.98. The molecule has 1 N–H and O–H groups in total. The van der Waals surface area contributed by atoms with Crippen LogP contribution in [0.1, 0.15) is 34.1 Å². The van der Waals surface area contributed by atoms with Crippen molar-refractivity contribution < 1.29 is 4.79 Å². The Balaban J connectivity index is 2.65. The first-order chi connectivity index (χ1) is 8.63. The smallest absolute Gasteiger partial charge is 0.244 e. The molecule has 0 fully saturated rings. The Kier molecular flexibility index (Phi) is 5.61. The third kappa shape index (κ3) is 3.45. The van der Waals surface area contributed by atoms with Crippen molar-refractivity contribution >= 4 is 11.7 Å². The van der Waals surface area contributed by atoms with Gasteiger partial charge in [-0.15, -0.1) is 5.10 Å². The van der Waals surface area contributed by atoms with E-state index in [2.05, 4.69) is 22.6 Å². The molecule has 0 spiro atoms. The average Bonchev–Trinajstić information content (AvgIpc) is 2.78. The van der Waals surface area contributed by atoms with Gasteiger partial charge < -0.3 is 10.2 Å². The summed E-state index contributed by atoms with van der Waals surface area (Å²) in [5.74, 6) is 0.897. The Labute approximate surface area is 108 Å². The number of likely N-dealkylation sites (N-methyl/N-ethyl adjacent to an activating group) is 1. The molecule has 0 radical (unpaired) electrons. The van der Waals surface area contributed by atoms with E-state index in [0.717, 1.165) is 31.9 Å². The average molecular weight is 253 g/mol. The molecular formula is C12H23N5O. The topological polar surface area (TPSA) is 63.1 Å². The van der Waals surface area contributed by atoms with E-state index in [9.17, 15) is 4.79 Å². The van der Waals surface area contributed by atoms with Gasteiger partial charge in [0.05, 0.1) is 6.20 Å². The molecule has 1 heterocycles. The van der Waals surface area contributed by atoms with E-state index >= 15 is 0 Å². The number of aromatic nitrogens is 3. The number of rotatable bonds is 7. The van der Waals surface area contributed by atoms with Crippen LogP contribution >= 0.6 is 0 Å². The molecule has 1 aromatic rings. The van der Waals surface area contributed by atoms with Gasteiger partial charge in [-0.1, -0.05) is 12.1 Å². The van der Waals surface area contributed by atoms with Gasteiger partial charge in [-0.05, 0) is 27.2 Å². The monoisotopic (exact) mass is 253 g/mol. The minimum Gasteiger partial charge on any atom is -0.357 e. The summed E-state index contributed by atoms with van der Waals surface area (Å²) in [5.41, 5.74) is 0. The van der Waals surface area contributed by atoms with E-state index in [1.54, 1.807) is 10.9 Å². The molecule has 6 heteroatoms. The zero-order chi connectivity index (χ0) is 13.5. The van der Waals surface area contributed by atoms with E-state index in [0.29, 0.717) is 0 Å². The molecule has 6 nitrogen and oxygen atoms in total. The van der Waals surface area contributed by atoms with Crippen LogP contribution in [0.25, 0.3) is 0 Å². The van der Waals surface area contributed by atoms with Gasteiger partial charge in [0.2, 0.25) is 5.91 Å². The molecule has 0 bridgehead atoms. The Morgan fingerprint density at radius 3 is 2.67 bits per heavy atom. The van der Waals surface area contributed by atoms with Gasteiger partial charge in [0.25, 0.3) is 0 Å². The second-order valence-electron chi connectivity index (χ2n) is 4.22. The highest BCUT2D eigenvalue weighted by Crippen LogP contribution is 2.08. The van der Waals surface area contributed by atoms with Crippen LogP contribution in [0, 0.1) is 0 Å². The van der Waals surface area contributed by atoms with E-state index in [1.165, 1.54) is 0 Å². The zero-order valence-electron chi connectivity index (χ0n) is 11.7. The number of nitrogens with one attached hydrogen (secondary N) is 1. The van der Waals surface area contributed by atoms with Crippen LogP contribution in [0.15, 0.2) is 6.20 Å². The SMILES string of the molecule is CCCn1nncc1NC(C)C(=O)N(CC)CC. The number of anilines is 1. The maximum absolute atomic E-state index is 12.1. The van der Waals surface area contributed by atoms with Crippen molar-refractivity contribution in [2.45, 2.75) is 46.7 Å². The molecule has 0 aliphatic heterocycles. The maximum atomic E-state index is 12.1. The number of aryl methyl sites for hydroxylation is 1. The van der Waals surface area contributed by atoms with Crippen LogP contribution in [0.4, 0.5) is 5.82 Å². The summed E-state index contributed by atoms with van der Waals surface area (Å²) in [7, 11) is 0. The fraction of sp³-hybridized carbons (Fsp3) is 0.750. The van der Waals surface area contributed by atoms with Gasteiger partial charge in [-0.3, -0.25) is 4.79 Å². The number of carbonyl (C=O) groups is 1. The van der Waals surface area contributed by atoms with Crippen LogP contribution in [0.2, 0.25) is 0 Å². The lowest BCUT2D eigenvalue weighted by Gasteiger charge is -2.23. The molecule has 102 valence electrons. The van der Waals surface area contributed by atoms with Gasteiger partial charge in [-0.2, -0.15) is 0 Å². The number of hydrogen-bond acceptors (Lipinski definition) is 4. The highest BCUT2D eigenvalue weighted by atomic mass is 16.2. The molecule has 1 rings (SSSR count). The molecule has 0 aromatic carbocycles. The summed E-state index contributed by atoms with van der Waals surface area (Å²) in [6.45, 7) is 10.2. The minimum atomic E-state index is -0.265. The van der Waals surface area contributed by atoms with Crippen LogP contribution in [0.5, 0.6) is 0 Å². The minimum absolute atomic E-state index is 0.101. The van der Waals surface area contributed by atoms with Gasteiger partial charge >= 0.3 is 0 Å². The van der Waals surface area contributed by atoms with E-state index < -0.39 is 0 Å². The maximum Gasteiger partial charge on any atom is 0.244 e. The lowest BCUT2D eigenvalue weighted by molar-refractivity contribution is -0.131. The van der Waals surface area contributed by atoms with Gasteiger partial charge in [-0.25, -0.2) is 4.68 Å². The largest absolute Gasteiger partial charge is 0.357 e. The summed E-state index contributed by atoms with van der Waals surface area (Å²) >= 11 is 0. The van der Waals surface area contributed by atoms with Gasteiger partial charge in [0.15, 0.2) is 0 Å². The lowest BCUT2D eigenvalue weighted by atomic mass is 10.3. The lowest BCUT2D eigenvalue weighted by Crippen LogP contribution is -2.41. The Hall–Kier alpha value is -1.59. The highest BCUT2D eigenvalue weighted by Gasteiger charge is 2.19. The summed E-state index contributed by atoms with van der Waals surface area (Å²) in [5, 5.41) is 11.0. The number of hydrogen-bond donors (Lipinski definition) is 1. The molecule has 0 aliphatic carbocycles. The normalized spacial score (nSPS) is 12.2. The zero-order valence-corrected chi connectivity index (χ0v) is 11.7. The van der Waals surface area contributed by atoms with E-state index in [-0.39, 0.29) is 11.9 Å². The molecule has 0 aliphatic rings. The molecule has 1 aromatic heterocycles. The van der Waals surface area contributed by atoms with Crippen LogP contribution in [0.3, 0.4) is 0 Å². The molecule has 0 saturated carbocycles. The number of nitrogens with zero attached hydrogens (tertiary/aromatic N) is 4. The number of amides is 1. The number of carbonyl (C=O) groups excluding carboxylic acids is 1. The van der Waals surface area contributed by atoms with Crippen LogP contribution in [-0.2, 0) is 11.3 Å². The summed E-state index contributed by atoms with van der Waals surface area (Å²) in [6.07, 6.45) is 2.64. The molecule has 0 saturated heterocycles. The quantitative estimate of drug-likeness (QED) is 0.797. The summed E-state index contributed by atoms with van der Waals surface area (Å²) < 4.78 is 1.78. The first kappa shape index (κ1) is 14.5. The van der Waals surface area contributed by atoms with Crippen molar-refractivity contribution in [3.05, 3.63) is 6.20 Å². The molecule has 1 atom stereocenters. The predicted octanol–water partition coefficient (Wildman–Crippen LogP) is 1.36. The third-order valence-electron chi connectivity index (χ3n) is 2.86. The Morgan fingerprint density at radius 2 is 2.11 bits per heavy atom. The highest BCUT2D eigenvalue weighted by molar-refractivity contribution is 5.83. The fourth-order valence-electron chi connectivity index (χ4n) is 1.84. The van der Waals surface area contributed by atoms with E-state index in [1.807, 2.05) is 25.7 Å². The standard InChI is InChI=1S/C12H23N5O/c1-5-8-17-11(9-13-15-17)14-10(4)12(18)16(6-2)7-3/h9-10,14H,5-8H2,1-4H3. The third-order valence-corrected chi connectivity index (χ3v) is 2.86. The molecule has 18 heavy (non-hydrogen) atoms. The van der Waals surface area contributed by atoms with Crippen molar-refractivity contribution in [1.29, 1.82) is 0 Å². The van der Waals surface area contributed by atoms with Gasteiger partial charge in [0.1, 0.15) is 11.9 Å². The summed E-state index contributed by atoms with van der Waals surface area (Å²) in [6, 6.07) is -0.265. The predicted molar refractivity (Wildman–Crippen MR) is 71.3 cm³/mol. The van der Waals surface area contributed by atoms with Crippen molar-refractivity contribution in [3.8, 4) is 0 Å². The van der Waals surface area contributed by atoms with Gasteiger partial charge in [0, 0.05) is 19.6 Å². The first-order valence-corrected chi connectivity index (χ1v) is 6.57.